The van der Waals surface area contributed by atoms with Gasteiger partial charge in [-0.1, -0.05) is 45.7 Å². The summed E-state index contributed by atoms with van der Waals surface area (Å²) in [6.45, 7) is 1.67. The van der Waals surface area contributed by atoms with Gasteiger partial charge in [0.2, 0.25) is 0 Å². The average Bonchev–Trinajstić information content (AvgIpc) is 2.41. The molecule has 1 atom stereocenters. The van der Waals surface area contributed by atoms with E-state index in [2.05, 4.69) is 21.2 Å². The van der Waals surface area contributed by atoms with Crippen molar-refractivity contribution >= 4 is 39.2 Å². The maximum Gasteiger partial charge on any atom is 0.329 e. The number of hydrogen-bond acceptors (Lipinski definition) is 2. The van der Waals surface area contributed by atoms with Gasteiger partial charge in [0.05, 0.1) is 0 Å². The standard InChI is InChI=1S/C16H15BrClNO2/c1-16(15(20)21,10-11-5-7-13(18)8-6-11)19-14-4-2-3-12(17)9-14/h2-9,19H,10H2,1H3,(H,20,21). The minimum Gasteiger partial charge on any atom is -0.480 e. The molecule has 0 fully saturated rings. The van der Waals surface area contributed by atoms with Crippen molar-refractivity contribution in [2.75, 3.05) is 5.32 Å². The van der Waals surface area contributed by atoms with Gasteiger partial charge in [0.15, 0.2) is 0 Å². The van der Waals surface area contributed by atoms with E-state index in [9.17, 15) is 9.90 Å². The summed E-state index contributed by atoms with van der Waals surface area (Å²) >= 11 is 9.23. The highest BCUT2D eigenvalue weighted by Crippen LogP contribution is 2.23. The first-order chi connectivity index (χ1) is 9.89. The number of anilines is 1. The molecule has 0 aliphatic rings. The molecule has 0 heterocycles. The van der Waals surface area contributed by atoms with E-state index in [1.54, 1.807) is 19.1 Å². The Bertz CT molecular complexity index is 645. The second-order valence-electron chi connectivity index (χ2n) is 5.08. The van der Waals surface area contributed by atoms with Crippen molar-refractivity contribution in [3.8, 4) is 0 Å². The molecule has 21 heavy (non-hydrogen) atoms. The van der Waals surface area contributed by atoms with Crippen molar-refractivity contribution in [2.45, 2.75) is 18.9 Å². The molecule has 0 aliphatic carbocycles. The second-order valence-corrected chi connectivity index (χ2v) is 6.43. The van der Waals surface area contributed by atoms with Gasteiger partial charge in [-0.3, -0.25) is 0 Å². The lowest BCUT2D eigenvalue weighted by molar-refractivity contribution is -0.141. The van der Waals surface area contributed by atoms with Gasteiger partial charge >= 0.3 is 5.97 Å². The molecule has 0 saturated carbocycles. The molecule has 5 heteroatoms. The van der Waals surface area contributed by atoms with Crippen molar-refractivity contribution in [1.82, 2.24) is 0 Å². The van der Waals surface area contributed by atoms with Crippen molar-refractivity contribution in [3.63, 3.8) is 0 Å². The van der Waals surface area contributed by atoms with Gasteiger partial charge in [-0.15, -0.1) is 0 Å². The Morgan fingerprint density at radius 1 is 1.29 bits per heavy atom. The fourth-order valence-corrected chi connectivity index (χ4v) is 2.59. The minimum atomic E-state index is -1.10. The Kier molecular flexibility index (Phi) is 4.91. The topological polar surface area (TPSA) is 49.3 Å². The molecule has 1 unspecified atom stereocenters. The zero-order valence-electron chi connectivity index (χ0n) is 11.4. The van der Waals surface area contributed by atoms with Crippen LogP contribution in [-0.2, 0) is 11.2 Å². The van der Waals surface area contributed by atoms with E-state index >= 15 is 0 Å². The summed E-state index contributed by atoms with van der Waals surface area (Å²) in [4.78, 5) is 11.7. The van der Waals surface area contributed by atoms with Crippen molar-refractivity contribution in [1.29, 1.82) is 0 Å². The Labute approximate surface area is 137 Å². The SMILES string of the molecule is CC(Cc1ccc(Cl)cc1)(Nc1cccc(Br)c1)C(=O)O. The molecule has 110 valence electrons. The average molecular weight is 369 g/mol. The summed E-state index contributed by atoms with van der Waals surface area (Å²) in [7, 11) is 0. The van der Waals surface area contributed by atoms with E-state index in [4.69, 9.17) is 11.6 Å². The van der Waals surface area contributed by atoms with Crippen LogP contribution in [0.4, 0.5) is 5.69 Å². The Morgan fingerprint density at radius 3 is 2.52 bits per heavy atom. The normalized spacial score (nSPS) is 13.5. The number of carboxylic acid groups (broad SMARTS) is 1. The molecule has 2 rings (SSSR count). The predicted molar refractivity (Wildman–Crippen MR) is 89.0 cm³/mol. The number of carboxylic acids is 1. The number of hydrogen-bond donors (Lipinski definition) is 2. The number of benzene rings is 2. The van der Waals surface area contributed by atoms with Crippen molar-refractivity contribution < 1.29 is 9.90 Å². The molecule has 0 saturated heterocycles. The van der Waals surface area contributed by atoms with Crippen molar-refractivity contribution in [2.24, 2.45) is 0 Å². The Balaban J connectivity index is 2.23. The molecule has 0 bridgehead atoms. The molecule has 2 N–H and O–H groups in total. The van der Waals surface area contributed by atoms with Crippen LogP contribution in [0.3, 0.4) is 0 Å². The summed E-state index contributed by atoms with van der Waals surface area (Å²) in [5.41, 5.74) is 0.560. The molecule has 0 aliphatic heterocycles. The lowest BCUT2D eigenvalue weighted by Crippen LogP contribution is -2.45. The quantitative estimate of drug-likeness (QED) is 0.811. The number of aliphatic carboxylic acids is 1. The smallest absolute Gasteiger partial charge is 0.329 e. The maximum atomic E-state index is 11.7. The van der Waals surface area contributed by atoms with E-state index in [0.717, 1.165) is 15.7 Å². The summed E-state index contributed by atoms with van der Waals surface area (Å²) in [5, 5.41) is 13.3. The van der Waals surface area contributed by atoms with E-state index in [1.165, 1.54) is 0 Å². The molecular formula is C16H15BrClNO2. The monoisotopic (exact) mass is 367 g/mol. The lowest BCUT2D eigenvalue weighted by Gasteiger charge is -2.27. The van der Waals surface area contributed by atoms with Crippen LogP contribution in [0.15, 0.2) is 53.0 Å². The maximum absolute atomic E-state index is 11.7. The highest BCUT2D eigenvalue weighted by atomic mass is 79.9. The molecule has 0 spiro atoms. The Hall–Kier alpha value is -1.52. The number of rotatable bonds is 5. The summed E-state index contributed by atoms with van der Waals surface area (Å²) in [6, 6.07) is 14.6. The lowest BCUT2D eigenvalue weighted by atomic mass is 9.92. The number of halogens is 2. The van der Waals surface area contributed by atoms with Gasteiger partial charge in [0.25, 0.3) is 0 Å². The zero-order chi connectivity index (χ0) is 15.5. The van der Waals surface area contributed by atoms with Crippen LogP contribution < -0.4 is 5.32 Å². The molecule has 0 radical (unpaired) electrons. The fourth-order valence-electron chi connectivity index (χ4n) is 2.07. The van der Waals surface area contributed by atoms with Crippen LogP contribution in [0, 0.1) is 0 Å². The highest BCUT2D eigenvalue weighted by molar-refractivity contribution is 9.10. The third-order valence-corrected chi connectivity index (χ3v) is 3.93. The summed E-state index contributed by atoms with van der Waals surface area (Å²) in [6.07, 6.45) is 0.353. The van der Waals surface area contributed by atoms with Crippen molar-refractivity contribution in [3.05, 3.63) is 63.6 Å². The Morgan fingerprint density at radius 2 is 1.95 bits per heavy atom. The number of nitrogens with one attached hydrogen (secondary N) is 1. The van der Waals surface area contributed by atoms with Gasteiger partial charge in [0, 0.05) is 21.6 Å². The summed E-state index contributed by atoms with van der Waals surface area (Å²) < 4.78 is 0.895. The molecule has 3 nitrogen and oxygen atoms in total. The van der Waals surface area contributed by atoms with Gasteiger partial charge in [0.1, 0.15) is 5.54 Å². The van der Waals surface area contributed by atoms with Gasteiger partial charge < -0.3 is 10.4 Å². The molecule has 2 aromatic carbocycles. The van der Waals surface area contributed by atoms with Crippen LogP contribution in [0.1, 0.15) is 12.5 Å². The summed E-state index contributed by atoms with van der Waals surface area (Å²) in [5.74, 6) is -0.905. The van der Waals surface area contributed by atoms with E-state index in [1.807, 2.05) is 36.4 Å². The first-order valence-corrected chi connectivity index (χ1v) is 7.58. The van der Waals surface area contributed by atoms with Gasteiger partial charge in [-0.2, -0.15) is 0 Å². The third kappa shape index (κ3) is 4.22. The van der Waals surface area contributed by atoms with Gasteiger partial charge in [-0.05, 0) is 42.8 Å². The zero-order valence-corrected chi connectivity index (χ0v) is 13.8. The largest absolute Gasteiger partial charge is 0.480 e. The van der Waals surface area contributed by atoms with E-state index in [-0.39, 0.29) is 0 Å². The molecular weight excluding hydrogens is 354 g/mol. The van der Waals surface area contributed by atoms with Crippen LogP contribution in [0.25, 0.3) is 0 Å². The first kappa shape index (κ1) is 15.9. The number of carbonyl (C=O) groups is 1. The molecule has 0 amide bonds. The molecule has 2 aromatic rings. The second kappa shape index (κ2) is 6.50. The third-order valence-electron chi connectivity index (χ3n) is 3.19. The van der Waals surface area contributed by atoms with E-state index < -0.39 is 11.5 Å². The van der Waals surface area contributed by atoms with Crippen LogP contribution in [0.2, 0.25) is 5.02 Å². The minimum absolute atomic E-state index is 0.353. The highest BCUT2D eigenvalue weighted by Gasteiger charge is 2.33. The van der Waals surface area contributed by atoms with Crippen LogP contribution in [0.5, 0.6) is 0 Å². The molecule has 0 aromatic heterocycles. The van der Waals surface area contributed by atoms with Crippen LogP contribution in [-0.4, -0.2) is 16.6 Å². The first-order valence-electron chi connectivity index (χ1n) is 6.41. The predicted octanol–water partition coefficient (Wildman–Crippen LogP) is 4.60. The van der Waals surface area contributed by atoms with Crippen LogP contribution >= 0.6 is 27.5 Å². The van der Waals surface area contributed by atoms with Gasteiger partial charge in [-0.25, -0.2) is 4.79 Å². The fraction of sp³-hybridized carbons (Fsp3) is 0.188. The van der Waals surface area contributed by atoms with E-state index in [0.29, 0.717) is 11.4 Å².